The van der Waals surface area contributed by atoms with Crippen LogP contribution in [0.2, 0.25) is 5.02 Å². The first-order chi connectivity index (χ1) is 7.83. The fraction of sp³-hybridized carbons (Fsp3) is 0.417. The molecule has 1 aliphatic heterocycles. The third kappa shape index (κ3) is 2.06. The highest BCUT2D eigenvalue weighted by Gasteiger charge is 2.21. The Morgan fingerprint density at radius 1 is 1.31 bits per heavy atom. The number of benzene rings is 1. The molecule has 16 heavy (non-hydrogen) atoms. The Labute approximate surface area is 100 Å². The van der Waals surface area contributed by atoms with Gasteiger partial charge in [-0.25, -0.2) is 4.98 Å². The maximum Gasteiger partial charge on any atom is 0.112 e. The van der Waals surface area contributed by atoms with Crippen molar-refractivity contribution in [3.05, 3.63) is 29.0 Å². The second-order valence-corrected chi connectivity index (χ2v) is 4.08. The first kappa shape index (κ1) is 11.4. The fourth-order valence-electron chi connectivity index (χ4n) is 1.68. The van der Waals surface area contributed by atoms with Crippen LogP contribution in [0.1, 0.15) is 25.6 Å². The summed E-state index contributed by atoms with van der Waals surface area (Å²) < 4.78 is 0. The van der Waals surface area contributed by atoms with Gasteiger partial charge in [0.05, 0.1) is 11.0 Å². The van der Waals surface area contributed by atoms with E-state index < -0.39 is 0 Å². The van der Waals surface area contributed by atoms with Crippen molar-refractivity contribution in [1.29, 1.82) is 0 Å². The minimum atomic E-state index is 0.543. The van der Waals surface area contributed by atoms with Gasteiger partial charge in [-0.2, -0.15) is 0 Å². The summed E-state index contributed by atoms with van der Waals surface area (Å²) in [5, 5.41) is 3.98. The van der Waals surface area contributed by atoms with Crippen LogP contribution in [0, 0.1) is 0 Å². The molecule has 2 N–H and O–H groups in total. The van der Waals surface area contributed by atoms with Crippen molar-refractivity contribution >= 4 is 22.6 Å². The van der Waals surface area contributed by atoms with E-state index in [0.717, 1.165) is 35.0 Å². The van der Waals surface area contributed by atoms with E-state index in [4.69, 9.17) is 11.6 Å². The van der Waals surface area contributed by atoms with Crippen molar-refractivity contribution in [3.63, 3.8) is 0 Å². The predicted molar refractivity (Wildman–Crippen MR) is 68.1 cm³/mol. The van der Waals surface area contributed by atoms with Crippen LogP contribution in [0.4, 0.5) is 0 Å². The Morgan fingerprint density at radius 3 is 2.69 bits per heavy atom. The van der Waals surface area contributed by atoms with Crippen molar-refractivity contribution in [3.8, 4) is 0 Å². The molecule has 1 aliphatic rings. The average Bonchev–Trinajstić information content (AvgIpc) is 2.60. The van der Waals surface area contributed by atoms with Gasteiger partial charge in [0.1, 0.15) is 5.82 Å². The van der Waals surface area contributed by atoms with Crippen LogP contribution in [0.15, 0.2) is 18.2 Å². The Balaban J connectivity index is 0.000000457. The quantitative estimate of drug-likeness (QED) is 0.801. The summed E-state index contributed by atoms with van der Waals surface area (Å²) in [7, 11) is 0. The lowest BCUT2D eigenvalue weighted by Crippen LogP contribution is -2.40. The zero-order valence-corrected chi connectivity index (χ0v) is 10.3. The summed E-state index contributed by atoms with van der Waals surface area (Å²) in [6, 6.07) is 5.73. The molecular formula is C12H16ClN3. The topological polar surface area (TPSA) is 40.7 Å². The van der Waals surface area contributed by atoms with Crippen molar-refractivity contribution in [2.24, 2.45) is 0 Å². The normalized spacial score (nSPS) is 15.4. The molecule has 1 aromatic carbocycles. The molecule has 1 saturated heterocycles. The number of fused-ring (bicyclic) bond motifs is 1. The van der Waals surface area contributed by atoms with Crippen LogP contribution in [-0.2, 0) is 0 Å². The molecule has 0 atom stereocenters. The third-order valence-electron chi connectivity index (χ3n) is 2.63. The Kier molecular flexibility index (Phi) is 3.46. The summed E-state index contributed by atoms with van der Waals surface area (Å²) >= 11 is 5.90. The minimum absolute atomic E-state index is 0.543. The van der Waals surface area contributed by atoms with Crippen LogP contribution in [0.3, 0.4) is 0 Å². The zero-order valence-electron chi connectivity index (χ0n) is 9.55. The molecule has 86 valence electrons. The van der Waals surface area contributed by atoms with Gasteiger partial charge in [0.2, 0.25) is 0 Å². The van der Waals surface area contributed by atoms with Gasteiger partial charge in [0.25, 0.3) is 0 Å². The minimum Gasteiger partial charge on any atom is -0.342 e. The summed E-state index contributed by atoms with van der Waals surface area (Å²) in [5.41, 5.74) is 2.02. The highest BCUT2D eigenvalue weighted by atomic mass is 35.5. The van der Waals surface area contributed by atoms with E-state index in [-0.39, 0.29) is 0 Å². The number of aromatic amines is 1. The van der Waals surface area contributed by atoms with Crippen LogP contribution >= 0.6 is 11.6 Å². The van der Waals surface area contributed by atoms with E-state index >= 15 is 0 Å². The van der Waals surface area contributed by atoms with Gasteiger partial charge in [-0.1, -0.05) is 25.4 Å². The molecule has 4 heteroatoms. The summed E-state index contributed by atoms with van der Waals surface area (Å²) in [6.07, 6.45) is 0. The highest BCUT2D eigenvalue weighted by Crippen LogP contribution is 2.22. The van der Waals surface area contributed by atoms with Gasteiger partial charge in [-0.05, 0) is 18.2 Å². The van der Waals surface area contributed by atoms with Crippen LogP contribution in [0.5, 0.6) is 0 Å². The van der Waals surface area contributed by atoms with E-state index in [1.807, 2.05) is 32.0 Å². The van der Waals surface area contributed by atoms with E-state index in [9.17, 15) is 0 Å². The average molecular weight is 238 g/mol. The lowest BCUT2D eigenvalue weighted by atomic mass is 10.0. The largest absolute Gasteiger partial charge is 0.342 e. The van der Waals surface area contributed by atoms with Crippen molar-refractivity contribution in [1.82, 2.24) is 15.3 Å². The number of imidazole rings is 1. The molecule has 0 aliphatic carbocycles. The fourth-order valence-corrected chi connectivity index (χ4v) is 1.85. The number of hydrogen-bond donors (Lipinski definition) is 2. The Bertz CT molecular complexity index is 474. The Morgan fingerprint density at radius 2 is 2.06 bits per heavy atom. The monoisotopic (exact) mass is 237 g/mol. The molecule has 0 spiro atoms. The summed E-state index contributed by atoms with van der Waals surface area (Å²) in [6.45, 7) is 6.04. The molecule has 2 aromatic rings. The molecule has 1 fully saturated rings. The smallest absolute Gasteiger partial charge is 0.112 e. The Hall–Kier alpha value is -1.06. The standard InChI is InChI=1S/C10H10ClN3.C2H6/c11-7-1-2-8-9(3-7)14-10(13-8)6-4-12-5-6;1-2/h1-3,6,12H,4-5H2,(H,13,14);1-2H3. The predicted octanol–water partition coefficient (Wildman–Crippen LogP) is 2.93. The van der Waals surface area contributed by atoms with Crippen molar-refractivity contribution in [2.45, 2.75) is 19.8 Å². The van der Waals surface area contributed by atoms with Crippen LogP contribution in [-0.4, -0.2) is 23.1 Å². The first-order valence-corrected chi connectivity index (χ1v) is 6.06. The number of halogens is 1. The summed E-state index contributed by atoms with van der Waals surface area (Å²) in [4.78, 5) is 7.82. The number of H-pyrrole nitrogens is 1. The van der Waals surface area contributed by atoms with E-state index in [1.165, 1.54) is 0 Å². The van der Waals surface area contributed by atoms with Gasteiger partial charge >= 0.3 is 0 Å². The summed E-state index contributed by atoms with van der Waals surface area (Å²) in [5.74, 6) is 1.61. The number of nitrogens with one attached hydrogen (secondary N) is 2. The van der Waals surface area contributed by atoms with E-state index in [2.05, 4.69) is 15.3 Å². The second-order valence-electron chi connectivity index (χ2n) is 3.64. The van der Waals surface area contributed by atoms with Gasteiger partial charge in [0, 0.05) is 24.0 Å². The molecule has 3 nitrogen and oxygen atoms in total. The van der Waals surface area contributed by atoms with Gasteiger partial charge in [-0.15, -0.1) is 0 Å². The zero-order chi connectivity index (χ0) is 11.5. The molecular weight excluding hydrogens is 222 g/mol. The maximum atomic E-state index is 5.90. The van der Waals surface area contributed by atoms with E-state index in [1.54, 1.807) is 0 Å². The molecule has 0 saturated carbocycles. The van der Waals surface area contributed by atoms with Crippen molar-refractivity contribution < 1.29 is 0 Å². The number of aromatic nitrogens is 2. The molecule has 0 bridgehead atoms. The molecule has 0 radical (unpaired) electrons. The molecule has 0 unspecified atom stereocenters. The number of hydrogen-bond acceptors (Lipinski definition) is 2. The molecule has 3 rings (SSSR count). The van der Waals surface area contributed by atoms with Gasteiger partial charge in [-0.3, -0.25) is 0 Å². The first-order valence-electron chi connectivity index (χ1n) is 5.69. The number of rotatable bonds is 1. The van der Waals surface area contributed by atoms with Crippen molar-refractivity contribution in [2.75, 3.05) is 13.1 Å². The molecule has 0 amide bonds. The SMILES string of the molecule is CC.Clc1ccc2nc(C3CNC3)[nH]c2c1. The third-order valence-corrected chi connectivity index (χ3v) is 2.87. The lowest BCUT2D eigenvalue weighted by Gasteiger charge is -2.24. The van der Waals surface area contributed by atoms with Gasteiger partial charge < -0.3 is 10.3 Å². The van der Waals surface area contributed by atoms with Crippen LogP contribution in [0.25, 0.3) is 11.0 Å². The molecule has 2 heterocycles. The molecule has 1 aromatic heterocycles. The maximum absolute atomic E-state index is 5.90. The highest BCUT2D eigenvalue weighted by molar-refractivity contribution is 6.31. The van der Waals surface area contributed by atoms with Crippen LogP contribution < -0.4 is 5.32 Å². The van der Waals surface area contributed by atoms with Gasteiger partial charge in [0.15, 0.2) is 0 Å². The number of nitrogens with zero attached hydrogens (tertiary/aromatic N) is 1. The van der Waals surface area contributed by atoms with E-state index in [0.29, 0.717) is 5.92 Å². The second kappa shape index (κ2) is 4.85. The lowest BCUT2D eigenvalue weighted by molar-refractivity contribution is 0.433.